The summed E-state index contributed by atoms with van der Waals surface area (Å²) in [5.74, 6) is -0.196. The predicted octanol–water partition coefficient (Wildman–Crippen LogP) is 3.81. The molecule has 0 radical (unpaired) electrons. The number of thiazole rings is 1. The standard InChI is InChI=1S/C22H24N2O4S2/c1-5-11-24-19-13-15(2)16(3)14-20(19)29-22(24)23-21(25)10-12-30(26,27)18-8-6-17(28-4)7-9-18/h5-9,13-14H,1,10-12H2,2-4H3. The summed E-state index contributed by atoms with van der Waals surface area (Å²) in [5, 5.41) is 0. The van der Waals surface area contributed by atoms with E-state index in [2.05, 4.69) is 23.7 Å². The van der Waals surface area contributed by atoms with Crippen molar-refractivity contribution in [2.75, 3.05) is 12.9 Å². The van der Waals surface area contributed by atoms with Crippen molar-refractivity contribution >= 4 is 37.3 Å². The van der Waals surface area contributed by atoms with Crippen LogP contribution in [0.5, 0.6) is 5.75 Å². The van der Waals surface area contributed by atoms with E-state index >= 15 is 0 Å². The van der Waals surface area contributed by atoms with Crippen molar-refractivity contribution < 1.29 is 17.9 Å². The minimum Gasteiger partial charge on any atom is -0.497 e. The van der Waals surface area contributed by atoms with E-state index in [4.69, 9.17) is 4.74 Å². The lowest BCUT2D eigenvalue weighted by atomic mass is 10.1. The van der Waals surface area contributed by atoms with Crippen LogP contribution in [0, 0.1) is 13.8 Å². The first kappa shape index (κ1) is 22.0. The number of methoxy groups -OCH3 is 1. The minimum absolute atomic E-state index is 0.158. The van der Waals surface area contributed by atoms with Crippen LogP contribution in [0.25, 0.3) is 10.2 Å². The van der Waals surface area contributed by atoms with E-state index in [0.717, 1.165) is 21.3 Å². The van der Waals surface area contributed by atoms with E-state index in [0.29, 0.717) is 17.1 Å². The van der Waals surface area contributed by atoms with Gasteiger partial charge in [0.2, 0.25) is 5.91 Å². The smallest absolute Gasteiger partial charge is 0.249 e. The van der Waals surface area contributed by atoms with Gasteiger partial charge in [-0.2, -0.15) is 4.99 Å². The summed E-state index contributed by atoms with van der Waals surface area (Å²) in [6.45, 7) is 8.38. The number of hydrogen-bond acceptors (Lipinski definition) is 5. The first-order valence-electron chi connectivity index (χ1n) is 9.41. The lowest BCUT2D eigenvalue weighted by Gasteiger charge is -2.05. The maximum absolute atomic E-state index is 12.5. The Morgan fingerprint density at radius 3 is 2.50 bits per heavy atom. The maximum Gasteiger partial charge on any atom is 0.249 e. The summed E-state index contributed by atoms with van der Waals surface area (Å²) < 4.78 is 33.0. The Kier molecular flexibility index (Phi) is 6.58. The van der Waals surface area contributed by atoms with Crippen molar-refractivity contribution in [2.45, 2.75) is 31.7 Å². The number of sulfone groups is 1. The fourth-order valence-electron chi connectivity index (χ4n) is 3.00. The summed E-state index contributed by atoms with van der Waals surface area (Å²) in [6.07, 6.45) is 1.56. The van der Waals surface area contributed by atoms with Gasteiger partial charge in [0.25, 0.3) is 0 Å². The molecule has 3 rings (SSSR count). The quantitative estimate of drug-likeness (QED) is 0.519. The molecule has 0 atom stereocenters. The van der Waals surface area contributed by atoms with Gasteiger partial charge >= 0.3 is 0 Å². The third kappa shape index (κ3) is 4.71. The number of carbonyl (C=O) groups is 1. The van der Waals surface area contributed by atoms with Crippen molar-refractivity contribution in [3.63, 3.8) is 0 Å². The number of amides is 1. The maximum atomic E-state index is 12.5. The van der Waals surface area contributed by atoms with Crippen LogP contribution in [0.3, 0.4) is 0 Å². The fourth-order valence-corrected chi connectivity index (χ4v) is 5.36. The second kappa shape index (κ2) is 8.97. The second-order valence-electron chi connectivity index (χ2n) is 6.94. The molecule has 0 saturated heterocycles. The number of aromatic nitrogens is 1. The first-order chi connectivity index (χ1) is 14.2. The second-order valence-corrected chi connectivity index (χ2v) is 10.1. The number of allylic oxidation sites excluding steroid dienone is 1. The molecule has 1 amide bonds. The zero-order valence-corrected chi connectivity index (χ0v) is 18.8. The lowest BCUT2D eigenvalue weighted by molar-refractivity contribution is -0.117. The molecular weight excluding hydrogens is 420 g/mol. The van der Waals surface area contributed by atoms with Crippen molar-refractivity contribution in [1.29, 1.82) is 0 Å². The van der Waals surface area contributed by atoms with E-state index in [9.17, 15) is 13.2 Å². The Bertz CT molecular complexity index is 1270. The van der Waals surface area contributed by atoms with Gasteiger partial charge in [-0.1, -0.05) is 17.4 Å². The summed E-state index contributed by atoms with van der Waals surface area (Å²) in [5.41, 5.74) is 3.31. The number of nitrogens with zero attached hydrogens (tertiary/aromatic N) is 2. The van der Waals surface area contributed by atoms with Gasteiger partial charge in [-0.05, 0) is 61.4 Å². The van der Waals surface area contributed by atoms with Crippen molar-refractivity contribution in [1.82, 2.24) is 4.57 Å². The SMILES string of the molecule is C=CCn1c(=NC(=O)CCS(=O)(=O)c2ccc(OC)cc2)sc2cc(C)c(C)cc21. The van der Waals surface area contributed by atoms with Crippen molar-refractivity contribution in [3.05, 3.63) is 65.0 Å². The fraction of sp³-hybridized carbons (Fsp3) is 0.273. The molecule has 0 bridgehead atoms. The number of fused-ring (bicyclic) bond motifs is 1. The monoisotopic (exact) mass is 444 g/mol. The highest BCUT2D eigenvalue weighted by molar-refractivity contribution is 7.91. The topological polar surface area (TPSA) is 77.7 Å². The van der Waals surface area contributed by atoms with E-state index in [1.807, 2.05) is 18.4 Å². The molecule has 1 aromatic heterocycles. The van der Waals surface area contributed by atoms with Crippen LogP contribution in [-0.4, -0.2) is 31.8 Å². The average Bonchev–Trinajstić information content (AvgIpc) is 3.03. The number of ether oxygens (including phenoxy) is 1. The van der Waals surface area contributed by atoms with Gasteiger partial charge in [-0.15, -0.1) is 6.58 Å². The van der Waals surface area contributed by atoms with Gasteiger partial charge in [0, 0.05) is 13.0 Å². The molecule has 0 aliphatic heterocycles. The Morgan fingerprint density at radius 1 is 1.20 bits per heavy atom. The number of aryl methyl sites for hydroxylation is 2. The molecule has 30 heavy (non-hydrogen) atoms. The van der Waals surface area contributed by atoms with Gasteiger partial charge < -0.3 is 9.30 Å². The molecule has 3 aromatic rings. The van der Waals surface area contributed by atoms with Crippen LogP contribution in [-0.2, 0) is 21.2 Å². The Balaban J connectivity index is 1.86. The molecule has 0 unspecified atom stereocenters. The number of carbonyl (C=O) groups excluding carboxylic acids is 1. The Labute approximate surface area is 180 Å². The van der Waals surface area contributed by atoms with Crippen LogP contribution in [0.4, 0.5) is 0 Å². The molecule has 1 heterocycles. The predicted molar refractivity (Wildman–Crippen MR) is 120 cm³/mol. The minimum atomic E-state index is -3.58. The van der Waals surface area contributed by atoms with E-state index in [1.54, 1.807) is 18.2 Å². The lowest BCUT2D eigenvalue weighted by Crippen LogP contribution is -2.17. The van der Waals surface area contributed by atoms with E-state index < -0.39 is 15.7 Å². The summed E-state index contributed by atoms with van der Waals surface area (Å²) in [4.78, 5) is 17.4. The van der Waals surface area contributed by atoms with Crippen molar-refractivity contribution in [2.24, 2.45) is 4.99 Å². The summed E-state index contributed by atoms with van der Waals surface area (Å²) in [7, 11) is -2.07. The van der Waals surface area contributed by atoms with Gasteiger partial charge in [0.15, 0.2) is 14.6 Å². The highest BCUT2D eigenvalue weighted by Gasteiger charge is 2.17. The van der Waals surface area contributed by atoms with E-state index in [1.165, 1.54) is 30.6 Å². The molecule has 158 valence electrons. The van der Waals surface area contributed by atoms with Crippen LogP contribution in [0.2, 0.25) is 0 Å². The number of hydrogen-bond donors (Lipinski definition) is 0. The molecule has 0 N–H and O–H groups in total. The highest BCUT2D eigenvalue weighted by Crippen LogP contribution is 2.22. The number of benzene rings is 2. The molecule has 0 aliphatic carbocycles. The van der Waals surface area contributed by atoms with Gasteiger partial charge in [0.1, 0.15) is 5.75 Å². The number of rotatable bonds is 7. The normalized spacial score (nSPS) is 12.3. The van der Waals surface area contributed by atoms with Crippen LogP contribution < -0.4 is 9.54 Å². The molecule has 8 heteroatoms. The molecule has 2 aromatic carbocycles. The molecule has 0 fully saturated rings. The molecule has 0 saturated carbocycles. The van der Waals surface area contributed by atoms with E-state index in [-0.39, 0.29) is 17.1 Å². The third-order valence-corrected chi connectivity index (χ3v) is 7.61. The average molecular weight is 445 g/mol. The van der Waals surface area contributed by atoms with Crippen LogP contribution in [0.1, 0.15) is 17.5 Å². The first-order valence-corrected chi connectivity index (χ1v) is 11.9. The summed E-state index contributed by atoms with van der Waals surface area (Å²) in [6, 6.07) is 10.3. The largest absolute Gasteiger partial charge is 0.497 e. The van der Waals surface area contributed by atoms with Crippen molar-refractivity contribution in [3.8, 4) is 5.75 Å². The molecular formula is C22H24N2O4S2. The molecule has 0 spiro atoms. The zero-order valence-electron chi connectivity index (χ0n) is 17.2. The highest BCUT2D eigenvalue weighted by atomic mass is 32.2. The zero-order chi connectivity index (χ0) is 21.9. The van der Waals surface area contributed by atoms with Crippen LogP contribution in [0.15, 0.2) is 58.9 Å². The Morgan fingerprint density at radius 2 is 1.87 bits per heavy atom. The Hall–Kier alpha value is -2.71. The van der Waals surface area contributed by atoms with Gasteiger partial charge in [-0.25, -0.2) is 8.42 Å². The molecule has 6 nitrogen and oxygen atoms in total. The third-order valence-electron chi connectivity index (χ3n) is 4.83. The van der Waals surface area contributed by atoms with Gasteiger partial charge in [0.05, 0.1) is 28.0 Å². The molecule has 0 aliphatic rings. The summed E-state index contributed by atoms with van der Waals surface area (Å²) >= 11 is 1.41. The van der Waals surface area contributed by atoms with Crippen LogP contribution >= 0.6 is 11.3 Å². The van der Waals surface area contributed by atoms with Gasteiger partial charge in [-0.3, -0.25) is 4.79 Å².